The Balaban J connectivity index is 4.03. The first-order chi connectivity index (χ1) is 4.12. The van der Waals surface area contributed by atoms with E-state index in [1.807, 2.05) is 0 Å². The zero-order valence-electron chi connectivity index (χ0n) is 5.21. The molecule has 0 heterocycles. The van der Waals surface area contributed by atoms with E-state index in [1.165, 1.54) is 0 Å². The summed E-state index contributed by atoms with van der Waals surface area (Å²) >= 11 is 10.2. The van der Waals surface area contributed by atoms with Gasteiger partial charge in [0.05, 0.1) is 0 Å². The smallest absolute Gasteiger partial charge is 0.0201 e. The number of hydrogen-bond acceptors (Lipinski definition) is 2. The highest BCUT2D eigenvalue weighted by atomic mass is 33.1. The molecule has 0 rings (SSSR count). The summed E-state index contributed by atoms with van der Waals surface area (Å²) in [5.41, 5.74) is 0. The first-order valence-electron chi connectivity index (χ1n) is 2.54. The predicted octanol–water partition coefficient (Wildman–Crippen LogP) is 1.44. The largest absolute Gasteiger partial charge is 0.102 e. The van der Waals surface area contributed by atoms with Crippen LogP contribution >= 0.6 is 0 Å². The van der Waals surface area contributed by atoms with Gasteiger partial charge in [0.15, 0.2) is 0 Å². The Bertz CT molecular complexity index is 170. The van der Waals surface area contributed by atoms with Gasteiger partial charge in [-0.05, 0) is 22.4 Å². The Morgan fingerprint density at radius 3 is 1.67 bits per heavy atom. The molecule has 0 aliphatic rings. The van der Waals surface area contributed by atoms with Gasteiger partial charge in [0.25, 0.3) is 0 Å². The van der Waals surface area contributed by atoms with Crippen LogP contribution in [-0.2, 0) is 29.5 Å². The first kappa shape index (κ1) is 9.27. The van der Waals surface area contributed by atoms with Crippen molar-refractivity contribution in [3.8, 4) is 0 Å². The van der Waals surface area contributed by atoms with Crippen LogP contribution in [0.4, 0.5) is 0 Å². The van der Waals surface area contributed by atoms with Gasteiger partial charge in [0.2, 0.25) is 0 Å². The minimum atomic E-state index is -1.25. The summed E-state index contributed by atoms with van der Waals surface area (Å²) < 4.78 is 0. The molecular formula is C6H10S3. The predicted molar refractivity (Wildman–Crippen MR) is 52.2 cm³/mol. The fourth-order valence-corrected chi connectivity index (χ4v) is 2.44. The summed E-state index contributed by atoms with van der Waals surface area (Å²) in [5, 5.41) is 0. The summed E-state index contributed by atoms with van der Waals surface area (Å²) in [6, 6.07) is 0. The lowest BCUT2D eigenvalue weighted by atomic mass is 10.8. The fourth-order valence-electron chi connectivity index (χ4n) is 0.427. The van der Waals surface area contributed by atoms with Gasteiger partial charge in [-0.25, -0.2) is 0 Å². The maximum absolute atomic E-state index is 5.10. The van der Waals surface area contributed by atoms with Crippen LogP contribution in [0.3, 0.4) is 0 Å². The molecule has 0 unspecified atom stereocenters. The maximum Gasteiger partial charge on any atom is 0.0201 e. The lowest BCUT2D eigenvalue weighted by Crippen LogP contribution is -2.02. The number of hydrogen-bond donors (Lipinski definition) is 0. The second-order valence-electron chi connectivity index (χ2n) is 1.65. The average molecular weight is 178 g/mol. The molecule has 0 spiro atoms. The lowest BCUT2D eigenvalue weighted by Gasteiger charge is -2.00. The summed E-state index contributed by atoms with van der Waals surface area (Å²) in [4.78, 5) is 0. The molecule has 0 atom stereocenters. The Morgan fingerprint density at radius 2 is 1.44 bits per heavy atom. The molecule has 0 radical (unpaired) electrons. The van der Waals surface area contributed by atoms with E-state index in [0.717, 1.165) is 11.5 Å². The molecule has 0 amide bonds. The van der Waals surface area contributed by atoms with Gasteiger partial charge in [-0.1, -0.05) is 19.3 Å². The third-order valence-corrected chi connectivity index (χ3v) is 3.86. The monoisotopic (exact) mass is 178 g/mol. The Morgan fingerprint density at radius 1 is 1.11 bits per heavy atom. The summed E-state index contributed by atoms with van der Waals surface area (Å²) in [6.45, 7) is 7.16. The molecule has 0 aliphatic heterocycles. The second-order valence-corrected chi connectivity index (χ2v) is 8.27. The minimum absolute atomic E-state index is 0.781. The van der Waals surface area contributed by atoms with E-state index in [0.29, 0.717) is 0 Å². The molecule has 52 valence electrons. The van der Waals surface area contributed by atoms with Gasteiger partial charge < -0.3 is 0 Å². The second kappa shape index (κ2) is 4.14. The topological polar surface area (TPSA) is 0 Å². The highest BCUT2D eigenvalue weighted by Gasteiger charge is 1.93. The van der Waals surface area contributed by atoms with Crippen LogP contribution in [0.5, 0.6) is 0 Å². The van der Waals surface area contributed by atoms with Crippen molar-refractivity contribution in [2.75, 3.05) is 11.5 Å². The zero-order valence-corrected chi connectivity index (χ0v) is 7.66. The van der Waals surface area contributed by atoms with Crippen LogP contribution in [0, 0.1) is 0 Å². The Kier molecular flexibility index (Phi) is 4.27. The van der Waals surface area contributed by atoms with Crippen molar-refractivity contribution < 1.29 is 0 Å². The molecule has 0 saturated carbocycles. The van der Waals surface area contributed by atoms with E-state index < -0.39 is 7.15 Å². The molecule has 0 aromatic rings. The normalized spacial score (nSPS) is 10.7. The highest BCUT2D eigenvalue weighted by molar-refractivity contribution is 8.56. The molecule has 3 heteroatoms. The van der Waals surface area contributed by atoms with Gasteiger partial charge >= 0.3 is 0 Å². The fraction of sp³-hybridized carbons (Fsp3) is 0.333. The van der Waals surface area contributed by atoms with Gasteiger partial charge in [-0.3, -0.25) is 0 Å². The summed E-state index contributed by atoms with van der Waals surface area (Å²) in [7, 11) is -1.25. The van der Waals surface area contributed by atoms with Crippen molar-refractivity contribution in [1.82, 2.24) is 0 Å². The van der Waals surface area contributed by atoms with Crippen LogP contribution in [0.1, 0.15) is 0 Å². The van der Waals surface area contributed by atoms with Crippen molar-refractivity contribution >= 4 is 29.5 Å². The van der Waals surface area contributed by atoms with E-state index in [4.69, 9.17) is 22.4 Å². The molecule has 0 fully saturated rings. The molecule has 0 aromatic heterocycles. The summed E-state index contributed by atoms with van der Waals surface area (Å²) in [6.07, 6.45) is 3.58. The molecule has 0 saturated heterocycles. The van der Waals surface area contributed by atoms with Crippen molar-refractivity contribution in [2.24, 2.45) is 0 Å². The molecular weight excluding hydrogens is 168 g/mol. The van der Waals surface area contributed by atoms with E-state index in [1.54, 1.807) is 12.2 Å². The molecule has 0 nitrogen and oxygen atoms in total. The highest BCUT2D eigenvalue weighted by Crippen LogP contribution is 1.92. The minimum Gasteiger partial charge on any atom is -0.102 e. The van der Waals surface area contributed by atoms with E-state index in [9.17, 15) is 0 Å². The van der Waals surface area contributed by atoms with Gasteiger partial charge in [0, 0.05) is 11.5 Å². The third-order valence-electron chi connectivity index (χ3n) is 0.744. The van der Waals surface area contributed by atoms with E-state index in [-0.39, 0.29) is 0 Å². The van der Waals surface area contributed by atoms with Gasteiger partial charge in [0.1, 0.15) is 0 Å². The van der Waals surface area contributed by atoms with Crippen molar-refractivity contribution in [1.29, 1.82) is 0 Å². The molecule has 0 aromatic carbocycles. The Labute approximate surface area is 66.5 Å². The lowest BCUT2D eigenvalue weighted by molar-refractivity contribution is 1.73. The van der Waals surface area contributed by atoms with Crippen molar-refractivity contribution in [2.45, 2.75) is 0 Å². The van der Waals surface area contributed by atoms with Crippen LogP contribution in [0.2, 0.25) is 0 Å². The maximum atomic E-state index is 5.10. The van der Waals surface area contributed by atoms with E-state index in [2.05, 4.69) is 13.2 Å². The zero-order chi connectivity index (χ0) is 7.33. The van der Waals surface area contributed by atoms with Crippen LogP contribution in [0.15, 0.2) is 25.3 Å². The Hall–Kier alpha value is 0.270. The first-order valence-corrected chi connectivity index (χ1v) is 6.37. The van der Waals surface area contributed by atoms with Crippen molar-refractivity contribution in [3.05, 3.63) is 25.3 Å². The van der Waals surface area contributed by atoms with Crippen LogP contribution < -0.4 is 0 Å². The standard InChI is InChI=1S/C6H10S3/c1-3-5-9(7,8)6-4-2/h3-4H,1-2,5-6H2. The molecule has 0 bridgehead atoms. The quantitative estimate of drug-likeness (QED) is 0.597. The summed E-state index contributed by atoms with van der Waals surface area (Å²) in [5.74, 6) is 1.56. The van der Waals surface area contributed by atoms with Crippen LogP contribution in [0.25, 0.3) is 0 Å². The van der Waals surface area contributed by atoms with Gasteiger partial charge in [-0.2, -0.15) is 0 Å². The molecule has 0 aliphatic carbocycles. The SMILES string of the molecule is C=CCS(=S)(=S)CC=C. The number of rotatable bonds is 4. The third kappa shape index (κ3) is 4.75. The van der Waals surface area contributed by atoms with Gasteiger partial charge in [-0.15, -0.1) is 13.2 Å². The van der Waals surface area contributed by atoms with E-state index >= 15 is 0 Å². The average Bonchev–Trinajstić information content (AvgIpc) is 1.64. The van der Waals surface area contributed by atoms with Crippen LogP contribution in [-0.4, -0.2) is 11.5 Å². The molecule has 0 N–H and O–H groups in total. The molecule has 9 heavy (non-hydrogen) atoms. The van der Waals surface area contributed by atoms with Crippen molar-refractivity contribution in [3.63, 3.8) is 0 Å².